The molecular formula is C24H44N4. The molecule has 0 radical (unpaired) electrons. The third-order valence-corrected chi connectivity index (χ3v) is 5.21. The van der Waals surface area contributed by atoms with Crippen molar-refractivity contribution in [3.63, 3.8) is 0 Å². The third-order valence-electron chi connectivity index (χ3n) is 5.21. The fraction of sp³-hybridized carbons (Fsp3) is 0.750. The second kappa shape index (κ2) is 18.8. The van der Waals surface area contributed by atoms with Crippen LogP contribution in [0.5, 0.6) is 0 Å². The van der Waals surface area contributed by atoms with Crippen LogP contribution in [0.1, 0.15) is 115 Å². The van der Waals surface area contributed by atoms with Crippen LogP contribution in [0.25, 0.3) is 0 Å². The van der Waals surface area contributed by atoms with Crippen molar-refractivity contribution in [2.45, 2.75) is 117 Å². The first-order valence-corrected chi connectivity index (χ1v) is 11.8. The average molecular weight is 389 g/mol. The topological polar surface area (TPSA) is 57.4 Å². The quantitative estimate of drug-likeness (QED) is 0.292. The summed E-state index contributed by atoms with van der Waals surface area (Å²) in [6.45, 7) is 4.21. The first-order valence-electron chi connectivity index (χ1n) is 11.8. The van der Waals surface area contributed by atoms with E-state index in [-0.39, 0.29) is 0 Å². The molecule has 2 heterocycles. The number of rotatable bonds is 16. The molecule has 0 bridgehead atoms. The zero-order valence-corrected chi connectivity index (χ0v) is 18.5. The largest absolute Gasteiger partial charge is 0.349 e. The Hall–Kier alpha value is -1.58. The number of hydrogen-bond donors (Lipinski definition) is 2. The van der Waals surface area contributed by atoms with Crippen LogP contribution in [0, 0.1) is 6.92 Å². The van der Waals surface area contributed by atoms with Crippen LogP contribution in [-0.2, 0) is 6.42 Å². The maximum atomic E-state index is 4.26. The summed E-state index contributed by atoms with van der Waals surface area (Å²) >= 11 is 0. The van der Waals surface area contributed by atoms with Gasteiger partial charge in [0.2, 0.25) is 0 Å². The fourth-order valence-corrected chi connectivity index (χ4v) is 3.44. The SMILES string of the molecule is CCCCCCCCCCCCCCCCCc1ncc[nH]1.Cc1ncc[nH]1. The molecule has 0 saturated carbocycles. The first kappa shape index (κ1) is 24.5. The number of aromatic nitrogens is 4. The number of nitrogens with one attached hydrogen (secondary N) is 2. The number of H-pyrrole nitrogens is 2. The maximum Gasteiger partial charge on any atom is 0.105 e. The van der Waals surface area contributed by atoms with Crippen molar-refractivity contribution < 1.29 is 0 Å². The highest BCUT2D eigenvalue weighted by Gasteiger charge is 1.96. The van der Waals surface area contributed by atoms with E-state index in [2.05, 4.69) is 26.9 Å². The van der Waals surface area contributed by atoms with Gasteiger partial charge in [-0.15, -0.1) is 0 Å². The molecule has 2 aromatic rings. The summed E-state index contributed by atoms with van der Waals surface area (Å²) in [6, 6.07) is 0. The number of aryl methyl sites for hydroxylation is 2. The average Bonchev–Trinajstić information content (AvgIpc) is 3.39. The molecule has 28 heavy (non-hydrogen) atoms. The van der Waals surface area contributed by atoms with Gasteiger partial charge in [0.05, 0.1) is 0 Å². The van der Waals surface area contributed by atoms with E-state index in [1.165, 1.54) is 96.3 Å². The van der Waals surface area contributed by atoms with E-state index in [0.717, 1.165) is 18.1 Å². The minimum atomic E-state index is 0.968. The highest BCUT2D eigenvalue weighted by atomic mass is 14.9. The number of imidazole rings is 2. The Morgan fingerprint density at radius 1 is 0.607 bits per heavy atom. The lowest BCUT2D eigenvalue weighted by Crippen LogP contribution is -1.88. The predicted octanol–water partition coefficient (Wildman–Crippen LogP) is 7.54. The van der Waals surface area contributed by atoms with Gasteiger partial charge in [-0.2, -0.15) is 0 Å². The molecule has 0 saturated heterocycles. The Kier molecular flexibility index (Phi) is 16.4. The molecule has 0 fully saturated rings. The monoisotopic (exact) mass is 388 g/mol. The Morgan fingerprint density at radius 3 is 1.43 bits per heavy atom. The molecule has 0 aliphatic heterocycles. The lowest BCUT2D eigenvalue weighted by atomic mass is 10.0. The Morgan fingerprint density at radius 2 is 1.07 bits per heavy atom. The summed E-state index contributed by atoms with van der Waals surface area (Å²) in [5.74, 6) is 2.12. The predicted molar refractivity (Wildman–Crippen MR) is 121 cm³/mol. The zero-order valence-electron chi connectivity index (χ0n) is 18.5. The molecule has 2 aromatic heterocycles. The number of unbranched alkanes of at least 4 members (excludes halogenated alkanes) is 14. The lowest BCUT2D eigenvalue weighted by molar-refractivity contribution is 0.531. The summed E-state index contributed by atoms with van der Waals surface area (Å²) < 4.78 is 0. The second-order valence-corrected chi connectivity index (χ2v) is 7.91. The molecule has 0 aliphatic carbocycles. The van der Waals surface area contributed by atoms with Gasteiger partial charge in [0.1, 0.15) is 11.6 Å². The van der Waals surface area contributed by atoms with E-state index in [1.807, 2.05) is 19.3 Å². The van der Waals surface area contributed by atoms with E-state index < -0.39 is 0 Å². The van der Waals surface area contributed by atoms with Crippen molar-refractivity contribution in [1.82, 2.24) is 19.9 Å². The van der Waals surface area contributed by atoms with Crippen molar-refractivity contribution in [2.75, 3.05) is 0 Å². The number of aromatic amines is 2. The van der Waals surface area contributed by atoms with Crippen LogP contribution >= 0.6 is 0 Å². The standard InChI is InChI=1S/C20H38N2.C4H6N2/c1-2-3-4-5-6-7-8-9-10-11-12-13-14-15-16-17-20-21-18-19-22-20;1-4-5-2-3-6-4/h18-19H,2-17H2,1H3,(H,21,22);2-3H,1H3,(H,5,6). The lowest BCUT2D eigenvalue weighted by Gasteiger charge is -2.03. The minimum absolute atomic E-state index is 0.968. The van der Waals surface area contributed by atoms with Crippen LogP contribution in [0.15, 0.2) is 24.8 Å². The van der Waals surface area contributed by atoms with E-state index in [0.29, 0.717) is 0 Å². The fourth-order valence-electron chi connectivity index (χ4n) is 3.44. The van der Waals surface area contributed by atoms with Gasteiger partial charge in [-0.1, -0.05) is 96.8 Å². The van der Waals surface area contributed by atoms with Crippen molar-refractivity contribution >= 4 is 0 Å². The molecule has 4 heteroatoms. The molecular weight excluding hydrogens is 344 g/mol. The van der Waals surface area contributed by atoms with E-state index in [1.54, 1.807) is 12.4 Å². The van der Waals surface area contributed by atoms with Gasteiger partial charge in [0.25, 0.3) is 0 Å². The maximum absolute atomic E-state index is 4.26. The highest BCUT2D eigenvalue weighted by molar-refractivity contribution is 4.86. The van der Waals surface area contributed by atoms with Crippen LogP contribution in [0.2, 0.25) is 0 Å². The van der Waals surface area contributed by atoms with E-state index in [9.17, 15) is 0 Å². The molecule has 4 nitrogen and oxygen atoms in total. The summed E-state index contributed by atoms with van der Waals surface area (Å²) in [5, 5.41) is 0. The summed E-state index contributed by atoms with van der Waals surface area (Å²) in [7, 11) is 0. The van der Waals surface area contributed by atoms with Gasteiger partial charge in [-0.3, -0.25) is 0 Å². The van der Waals surface area contributed by atoms with Crippen LogP contribution < -0.4 is 0 Å². The molecule has 0 aliphatic rings. The third kappa shape index (κ3) is 15.5. The number of hydrogen-bond acceptors (Lipinski definition) is 2. The van der Waals surface area contributed by atoms with Crippen LogP contribution in [0.4, 0.5) is 0 Å². The molecule has 0 unspecified atom stereocenters. The molecule has 0 amide bonds. The molecule has 0 aromatic carbocycles. The Labute approximate surface area is 173 Å². The second-order valence-electron chi connectivity index (χ2n) is 7.91. The van der Waals surface area contributed by atoms with Crippen molar-refractivity contribution in [3.05, 3.63) is 36.4 Å². The van der Waals surface area contributed by atoms with Gasteiger partial charge in [-0.05, 0) is 13.3 Å². The normalized spacial score (nSPS) is 10.6. The summed E-state index contributed by atoms with van der Waals surface area (Å²) in [6.07, 6.45) is 29.8. The molecule has 0 spiro atoms. The molecule has 160 valence electrons. The number of nitrogens with zero attached hydrogens (tertiary/aromatic N) is 2. The van der Waals surface area contributed by atoms with E-state index in [4.69, 9.17) is 0 Å². The molecule has 0 atom stereocenters. The first-order chi connectivity index (χ1) is 13.8. The Bertz CT molecular complexity index is 505. The van der Waals surface area contributed by atoms with Gasteiger partial charge >= 0.3 is 0 Å². The molecule has 2 N–H and O–H groups in total. The van der Waals surface area contributed by atoms with Crippen molar-refractivity contribution in [3.8, 4) is 0 Å². The van der Waals surface area contributed by atoms with Crippen molar-refractivity contribution in [1.29, 1.82) is 0 Å². The van der Waals surface area contributed by atoms with Gasteiger partial charge in [0.15, 0.2) is 0 Å². The van der Waals surface area contributed by atoms with Crippen molar-refractivity contribution in [2.24, 2.45) is 0 Å². The highest BCUT2D eigenvalue weighted by Crippen LogP contribution is 2.13. The molecule has 2 rings (SSSR count). The van der Waals surface area contributed by atoms with Crippen LogP contribution in [0.3, 0.4) is 0 Å². The van der Waals surface area contributed by atoms with Gasteiger partial charge in [0, 0.05) is 31.2 Å². The van der Waals surface area contributed by atoms with Gasteiger partial charge in [-0.25, -0.2) is 9.97 Å². The van der Waals surface area contributed by atoms with Gasteiger partial charge < -0.3 is 9.97 Å². The smallest absolute Gasteiger partial charge is 0.105 e. The van der Waals surface area contributed by atoms with E-state index >= 15 is 0 Å². The Balaban J connectivity index is 0.000000552. The summed E-state index contributed by atoms with van der Waals surface area (Å²) in [4.78, 5) is 14.2. The zero-order chi connectivity index (χ0) is 20.1. The minimum Gasteiger partial charge on any atom is -0.349 e. The van der Waals surface area contributed by atoms with Crippen LogP contribution in [-0.4, -0.2) is 19.9 Å². The summed E-state index contributed by atoms with van der Waals surface area (Å²) in [5.41, 5.74) is 0.